The highest BCUT2D eigenvalue weighted by Gasteiger charge is 2.50. The molecule has 0 bridgehead atoms. The Bertz CT molecular complexity index is 1280. The van der Waals surface area contributed by atoms with Crippen LogP contribution in [0.25, 0.3) is 0 Å². The summed E-state index contributed by atoms with van der Waals surface area (Å²) in [6.07, 6.45) is -4.78. The molecule has 10 nitrogen and oxygen atoms in total. The number of halogens is 3. The van der Waals surface area contributed by atoms with Gasteiger partial charge in [-0.25, -0.2) is 13.2 Å². The number of sulfonamides is 1. The third-order valence-electron chi connectivity index (χ3n) is 6.00. The van der Waals surface area contributed by atoms with Gasteiger partial charge in [0.15, 0.2) is 0 Å². The van der Waals surface area contributed by atoms with E-state index in [1.54, 1.807) is 0 Å². The molecule has 0 saturated carbocycles. The number of nitro benzene ring substituents is 1. The number of benzene rings is 2. The molecule has 14 heteroatoms. The molecule has 0 aliphatic carbocycles. The van der Waals surface area contributed by atoms with E-state index in [4.69, 9.17) is 0 Å². The van der Waals surface area contributed by atoms with Gasteiger partial charge in [0, 0.05) is 25.1 Å². The molecule has 2 aromatic carbocycles. The van der Waals surface area contributed by atoms with E-state index in [0.29, 0.717) is 11.6 Å². The molecule has 1 fully saturated rings. The number of rotatable bonds is 8. The first-order valence-electron chi connectivity index (χ1n) is 10.6. The first kappa shape index (κ1) is 27.1. The molecular formula is C22H22F3N3O7S. The second-order valence-electron chi connectivity index (χ2n) is 8.47. The molecule has 36 heavy (non-hydrogen) atoms. The molecule has 1 amide bonds. The van der Waals surface area contributed by atoms with Crippen LogP contribution in [0.2, 0.25) is 0 Å². The predicted molar refractivity (Wildman–Crippen MR) is 119 cm³/mol. The summed E-state index contributed by atoms with van der Waals surface area (Å²) in [6.45, 7) is 1.13. The van der Waals surface area contributed by atoms with Gasteiger partial charge in [0.2, 0.25) is 15.9 Å². The van der Waals surface area contributed by atoms with E-state index in [2.05, 4.69) is 5.32 Å². The Kier molecular flexibility index (Phi) is 7.41. The third kappa shape index (κ3) is 5.49. The van der Waals surface area contributed by atoms with Crippen molar-refractivity contribution in [1.82, 2.24) is 9.62 Å². The molecule has 3 rings (SSSR count). The highest BCUT2D eigenvalue weighted by molar-refractivity contribution is 7.89. The van der Waals surface area contributed by atoms with Crippen molar-refractivity contribution in [2.24, 2.45) is 0 Å². The largest absolute Gasteiger partial charge is 0.480 e. The molecule has 0 spiro atoms. The minimum Gasteiger partial charge on any atom is -0.480 e. The van der Waals surface area contributed by atoms with E-state index in [1.807, 2.05) is 0 Å². The number of carbonyl (C=O) groups excluding carboxylic acids is 1. The van der Waals surface area contributed by atoms with Crippen molar-refractivity contribution in [2.45, 2.75) is 48.8 Å². The Morgan fingerprint density at radius 2 is 1.86 bits per heavy atom. The molecule has 1 aliphatic heterocycles. The number of amides is 1. The van der Waals surface area contributed by atoms with Crippen molar-refractivity contribution in [3.8, 4) is 0 Å². The van der Waals surface area contributed by atoms with Crippen LogP contribution in [0.1, 0.15) is 30.9 Å². The zero-order chi connectivity index (χ0) is 26.9. The molecule has 0 aromatic heterocycles. The van der Waals surface area contributed by atoms with Crippen LogP contribution < -0.4 is 5.32 Å². The number of non-ortho nitro benzene ring substituents is 1. The molecule has 1 aliphatic rings. The fourth-order valence-electron chi connectivity index (χ4n) is 4.01. The Labute approximate surface area is 203 Å². The number of carboxylic acids is 1. The lowest BCUT2D eigenvalue weighted by molar-refractivity contribution is -0.384. The lowest BCUT2D eigenvalue weighted by atomic mass is 9.97. The number of hydrogen-bond acceptors (Lipinski definition) is 6. The number of alkyl halides is 3. The summed E-state index contributed by atoms with van der Waals surface area (Å²) in [7, 11) is -4.54. The number of carbonyl (C=O) groups is 2. The number of carboxylic acid groups (broad SMARTS) is 1. The van der Waals surface area contributed by atoms with Gasteiger partial charge in [-0.05, 0) is 43.5 Å². The average Bonchev–Trinajstić information content (AvgIpc) is 3.22. The van der Waals surface area contributed by atoms with Gasteiger partial charge in [-0.1, -0.05) is 18.2 Å². The highest BCUT2D eigenvalue weighted by atomic mass is 32.2. The van der Waals surface area contributed by atoms with Gasteiger partial charge in [0.25, 0.3) is 5.69 Å². The van der Waals surface area contributed by atoms with Gasteiger partial charge < -0.3 is 10.4 Å². The van der Waals surface area contributed by atoms with Crippen LogP contribution in [0.5, 0.6) is 0 Å². The summed E-state index contributed by atoms with van der Waals surface area (Å²) >= 11 is 0. The van der Waals surface area contributed by atoms with Gasteiger partial charge in [-0.3, -0.25) is 14.9 Å². The Morgan fingerprint density at radius 1 is 1.22 bits per heavy atom. The molecular weight excluding hydrogens is 507 g/mol. The maximum atomic E-state index is 13.2. The Hall–Kier alpha value is -3.52. The van der Waals surface area contributed by atoms with Gasteiger partial charge in [0.1, 0.15) is 11.6 Å². The second kappa shape index (κ2) is 9.85. The van der Waals surface area contributed by atoms with Gasteiger partial charge in [-0.15, -0.1) is 0 Å². The van der Waals surface area contributed by atoms with Crippen LogP contribution in [0.15, 0.2) is 53.4 Å². The number of aliphatic carboxylic acids is 1. The maximum Gasteiger partial charge on any atom is 0.416 e. The molecule has 2 aromatic rings. The van der Waals surface area contributed by atoms with Crippen molar-refractivity contribution in [1.29, 1.82) is 0 Å². The molecule has 2 atom stereocenters. The number of nitrogens with one attached hydrogen (secondary N) is 1. The normalized spacial score (nSPS) is 19.6. The third-order valence-corrected chi connectivity index (χ3v) is 8.02. The number of hydrogen-bond donors (Lipinski definition) is 2. The lowest BCUT2D eigenvalue weighted by Crippen LogP contribution is -2.58. The average molecular weight is 529 g/mol. The summed E-state index contributed by atoms with van der Waals surface area (Å²) in [5.74, 6) is -2.35. The molecule has 0 radical (unpaired) electrons. The van der Waals surface area contributed by atoms with Crippen molar-refractivity contribution in [2.75, 3.05) is 6.54 Å². The first-order valence-corrected chi connectivity index (χ1v) is 12.1. The van der Waals surface area contributed by atoms with Crippen LogP contribution in [0.3, 0.4) is 0 Å². The van der Waals surface area contributed by atoms with Crippen molar-refractivity contribution in [3.63, 3.8) is 0 Å². The van der Waals surface area contributed by atoms with Crippen LogP contribution in [0.4, 0.5) is 18.9 Å². The summed E-state index contributed by atoms with van der Waals surface area (Å²) in [4.78, 5) is 34.5. The second-order valence-corrected chi connectivity index (χ2v) is 10.3. The Morgan fingerprint density at radius 3 is 2.42 bits per heavy atom. The van der Waals surface area contributed by atoms with Crippen LogP contribution >= 0.6 is 0 Å². The Balaban J connectivity index is 1.85. The minimum absolute atomic E-state index is 0.0148. The molecule has 194 valence electrons. The fourth-order valence-corrected chi connectivity index (χ4v) is 5.87. The van der Waals surface area contributed by atoms with Gasteiger partial charge in [0.05, 0.1) is 15.4 Å². The van der Waals surface area contributed by atoms with Crippen molar-refractivity contribution < 1.29 is 41.2 Å². The zero-order valence-corrected chi connectivity index (χ0v) is 19.7. The lowest BCUT2D eigenvalue weighted by Gasteiger charge is -2.34. The van der Waals surface area contributed by atoms with Crippen molar-refractivity contribution >= 4 is 27.6 Å². The zero-order valence-electron chi connectivity index (χ0n) is 18.9. The summed E-state index contributed by atoms with van der Waals surface area (Å²) in [5.41, 5.74) is -2.75. The smallest absolute Gasteiger partial charge is 0.416 e. The molecule has 1 saturated heterocycles. The van der Waals surface area contributed by atoms with E-state index >= 15 is 0 Å². The SMILES string of the molecule is C[C@@]1(C(=O)NC(Cc2ccc([N+](=O)[O-])cc2)C(=O)O)CCCN1S(=O)(=O)c1cccc(C(F)(F)F)c1. The van der Waals surface area contributed by atoms with E-state index in [9.17, 15) is 46.4 Å². The number of nitro groups is 1. The van der Waals surface area contributed by atoms with E-state index in [-0.39, 0.29) is 31.5 Å². The van der Waals surface area contributed by atoms with Gasteiger partial charge >= 0.3 is 12.1 Å². The van der Waals surface area contributed by atoms with Crippen LogP contribution in [0, 0.1) is 10.1 Å². The highest BCUT2D eigenvalue weighted by Crippen LogP contribution is 2.37. The maximum absolute atomic E-state index is 13.2. The predicted octanol–water partition coefficient (Wildman–Crippen LogP) is 2.97. The number of nitrogens with zero attached hydrogens (tertiary/aromatic N) is 2. The summed E-state index contributed by atoms with van der Waals surface area (Å²) in [5, 5.41) is 22.7. The standard InChI is InChI=1S/C22H22F3N3O7S/c1-21(20(31)26-18(19(29)30)12-14-6-8-16(9-7-14)28(32)33)10-3-11-27(21)36(34,35)17-5-2-4-15(13-17)22(23,24)25/h2,4-9,13,18H,3,10-12H2,1H3,(H,26,31)(H,29,30)/t18?,21-/m0/s1. The fraction of sp³-hybridized carbons (Fsp3) is 0.364. The van der Waals surface area contributed by atoms with Crippen molar-refractivity contribution in [3.05, 3.63) is 69.8 Å². The van der Waals surface area contributed by atoms with E-state index in [0.717, 1.165) is 22.5 Å². The summed E-state index contributed by atoms with van der Waals surface area (Å²) < 4.78 is 66.6. The monoisotopic (exact) mass is 529 g/mol. The minimum atomic E-state index is -4.77. The van der Waals surface area contributed by atoms with E-state index in [1.165, 1.54) is 31.2 Å². The van der Waals surface area contributed by atoms with Crippen LogP contribution in [-0.2, 0) is 32.2 Å². The molecule has 2 N–H and O–H groups in total. The molecule has 1 heterocycles. The summed E-state index contributed by atoms with van der Waals surface area (Å²) in [6, 6.07) is 6.70. The van der Waals surface area contributed by atoms with Crippen LogP contribution in [-0.4, -0.2) is 52.8 Å². The van der Waals surface area contributed by atoms with E-state index < -0.39 is 55.0 Å². The first-order chi connectivity index (χ1) is 16.7. The quantitative estimate of drug-likeness (QED) is 0.395. The molecule has 1 unspecified atom stereocenters. The van der Waals surface area contributed by atoms with Gasteiger partial charge in [-0.2, -0.15) is 17.5 Å². The topological polar surface area (TPSA) is 147 Å².